The summed E-state index contributed by atoms with van der Waals surface area (Å²) in [5, 5.41) is 12.7. The van der Waals surface area contributed by atoms with E-state index >= 15 is 0 Å². The number of fused-ring (bicyclic) bond motifs is 1. The van der Waals surface area contributed by atoms with Gasteiger partial charge in [-0.15, -0.1) is 0 Å². The normalized spacial score (nSPS) is 15.9. The van der Waals surface area contributed by atoms with Crippen molar-refractivity contribution in [3.05, 3.63) is 23.8 Å². The van der Waals surface area contributed by atoms with Gasteiger partial charge in [0.1, 0.15) is 5.54 Å². The molecule has 0 saturated heterocycles. The Labute approximate surface area is 120 Å². The molecule has 2 rings (SSSR count). The van der Waals surface area contributed by atoms with Crippen LogP contribution >= 0.6 is 0 Å². The number of rotatable bonds is 6. The molecule has 1 aromatic rings. The zero-order valence-corrected chi connectivity index (χ0v) is 12.4. The number of hydrogen-bond acceptors (Lipinski definition) is 4. The molecule has 0 bridgehead atoms. The van der Waals surface area contributed by atoms with Crippen molar-refractivity contribution in [1.29, 1.82) is 5.26 Å². The second kappa shape index (κ2) is 6.15. The van der Waals surface area contributed by atoms with Crippen LogP contribution in [0.25, 0.3) is 0 Å². The number of ether oxygens (including phenoxy) is 2. The highest BCUT2D eigenvalue weighted by Gasteiger charge is 2.23. The summed E-state index contributed by atoms with van der Waals surface area (Å²) in [7, 11) is 0. The standard InChI is InChI=1S/C16H22N2O2/c1-12(2)9-18-16(3,10-17)7-6-13-4-5-14-15(8-13)20-11-19-14/h4-5,8,12,18H,6-7,9,11H2,1-3H3. The van der Waals surface area contributed by atoms with Crippen LogP contribution in [0.1, 0.15) is 32.8 Å². The maximum absolute atomic E-state index is 9.37. The van der Waals surface area contributed by atoms with Crippen molar-refractivity contribution in [3.63, 3.8) is 0 Å². The molecular formula is C16H22N2O2. The molecular weight excluding hydrogens is 252 g/mol. The van der Waals surface area contributed by atoms with Gasteiger partial charge in [-0.1, -0.05) is 19.9 Å². The predicted molar refractivity (Wildman–Crippen MR) is 77.7 cm³/mol. The first kappa shape index (κ1) is 14.7. The smallest absolute Gasteiger partial charge is 0.231 e. The second-order valence-corrected chi connectivity index (χ2v) is 5.91. The van der Waals surface area contributed by atoms with Crippen LogP contribution in [0.3, 0.4) is 0 Å². The Morgan fingerprint density at radius 1 is 1.35 bits per heavy atom. The Kier molecular flexibility index (Phi) is 4.51. The molecule has 1 heterocycles. The third-order valence-electron chi connectivity index (χ3n) is 3.50. The van der Waals surface area contributed by atoms with Gasteiger partial charge in [0.05, 0.1) is 6.07 Å². The fourth-order valence-electron chi connectivity index (χ4n) is 2.10. The van der Waals surface area contributed by atoms with Crippen molar-refractivity contribution in [2.24, 2.45) is 5.92 Å². The second-order valence-electron chi connectivity index (χ2n) is 5.91. The van der Waals surface area contributed by atoms with Crippen LogP contribution in [0, 0.1) is 17.2 Å². The molecule has 4 nitrogen and oxygen atoms in total. The molecule has 1 aliphatic heterocycles. The first-order valence-corrected chi connectivity index (χ1v) is 7.07. The fraction of sp³-hybridized carbons (Fsp3) is 0.562. The molecule has 0 saturated carbocycles. The third-order valence-corrected chi connectivity index (χ3v) is 3.50. The van der Waals surface area contributed by atoms with E-state index in [1.807, 2.05) is 25.1 Å². The van der Waals surface area contributed by atoms with Crippen LogP contribution in [0.2, 0.25) is 0 Å². The largest absolute Gasteiger partial charge is 0.454 e. The van der Waals surface area contributed by atoms with Gasteiger partial charge in [0.15, 0.2) is 11.5 Å². The zero-order valence-electron chi connectivity index (χ0n) is 12.4. The van der Waals surface area contributed by atoms with Gasteiger partial charge in [0.25, 0.3) is 0 Å². The molecule has 0 spiro atoms. The van der Waals surface area contributed by atoms with E-state index in [1.165, 1.54) is 5.56 Å². The number of nitrogens with one attached hydrogen (secondary N) is 1. The van der Waals surface area contributed by atoms with Crippen LogP contribution in [-0.4, -0.2) is 18.9 Å². The number of benzene rings is 1. The van der Waals surface area contributed by atoms with Gasteiger partial charge in [0, 0.05) is 0 Å². The van der Waals surface area contributed by atoms with E-state index in [9.17, 15) is 5.26 Å². The summed E-state index contributed by atoms with van der Waals surface area (Å²) in [6.07, 6.45) is 1.61. The summed E-state index contributed by atoms with van der Waals surface area (Å²) < 4.78 is 10.7. The zero-order chi connectivity index (χ0) is 14.6. The van der Waals surface area contributed by atoms with E-state index in [1.54, 1.807) is 0 Å². The van der Waals surface area contributed by atoms with Crippen LogP contribution < -0.4 is 14.8 Å². The Hall–Kier alpha value is -1.73. The minimum atomic E-state index is -0.485. The van der Waals surface area contributed by atoms with E-state index in [0.717, 1.165) is 30.9 Å². The molecule has 20 heavy (non-hydrogen) atoms. The van der Waals surface area contributed by atoms with Crippen LogP contribution in [0.5, 0.6) is 11.5 Å². The summed E-state index contributed by atoms with van der Waals surface area (Å²) in [6.45, 7) is 7.39. The molecule has 0 fully saturated rings. The number of aryl methyl sites for hydroxylation is 1. The average Bonchev–Trinajstić information content (AvgIpc) is 2.90. The topological polar surface area (TPSA) is 54.3 Å². The fourth-order valence-corrected chi connectivity index (χ4v) is 2.10. The first-order chi connectivity index (χ1) is 9.52. The predicted octanol–water partition coefficient (Wildman–Crippen LogP) is 2.88. The quantitative estimate of drug-likeness (QED) is 0.866. The van der Waals surface area contributed by atoms with Crippen molar-refractivity contribution in [2.45, 2.75) is 39.2 Å². The van der Waals surface area contributed by atoms with Gasteiger partial charge in [-0.2, -0.15) is 5.26 Å². The number of nitriles is 1. The highest BCUT2D eigenvalue weighted by Crippen LogP contribution is 2.33. The van der Waals surface area contributed by atoms with E-state index in [0.29, 0.717) is 12.7 Å². The number of hydrogen-bond donors (Lipinski definition) is 1. The molecule has 4 heteroatoms. The van der Waals surface area contributed by atoms with Gasteiger partial charge in [-0.25, -0.2) is 0 Å². The highest BCUT2D eigenvalue weighted by atomic mass is 16.7. The van der Waals surface area contributed by atoms with Gasteiger partial charge in [0.2, 0.25) is 6.79 Å². The van der Waals surface area contributed by atoms with E-state index in [-0.39, 0.29) is 0 Å². The first-order valence-electron chi connectivity index (χ1n) is 7.07. The Bertz CT molecular complexity index is 508. The Morgan fingerprint density at radius 2 is 2.10 bits per heavy atom. The van der Waals surface area contributed by atoms with Crippen LogP contribution in [0.4, 0.5) is 0 Å². The summed E-state index contributed by atoms with van der Waals surface area (Å²) in [6, 6.07) is 8.36. The summed E-state index contributed by atoms with van der Waals surface area (Å²) in [5.41, 5.74) is 0.683. The maximum atomic E-state index is 9.37. The van der Waals surface area contributed by atoms with Crippen molar-refractivity contribution in [3.8, 4) is 17.6 Å². The summed E-state index contributed by atoms with van der Waals surface area (Å²) in [4.78, 5) is 0. The molecule has 1 unspecified atom stereocenters. The lowest BCUT2D eigenvalue weighted by Crippen LogP contribution is -2.43. The SMILES string of the molecule is CC(C)CNC(C)(C#N)CCc1ccc2c(c1)OCO2. The molecule has 0 radical (unpaired) electrons. The minimum Gasteiger partial charge on any atom is -0.454 e. The lowest BCUT2D eigenvalue weighted by Gasteiger charge is -2.24. The van der Waals surface area contributed by atoms with E-state index < -0.39 is 5.54 Å². The van der Waals surface area contributed by atoms with Crippen molar-refractivity contribution in [1.82, 2.24) is 5.32 Å². The number of nitrogens with zero attached hydrogens (tertiary/aromatic N) is 1. The average molecular weight is 274 g/mol. The van der Waals surface area contributed by atoms with E-state index in [4.69, 9.17) is 9.47 Å². The monoisotopic (exact) mass is 274 g/mol. The van der Waals surface area contributed by atoms with Gasteiger partial charge < -0.3 is 9.47 Å². The van der Waals surface area contributed by atoms with Crippen molar-refractivity contribution >= 4 is 0 Å². The van der Waals surface area contributed by atoms with Crippen LogP contribution in [0.15, 0.2) is 18.2 Å². The molecule has 108 valence electrons. The molecule has 1 N–H and O–H groups in total. The maximum Gasteiger partial charge on any atom is 0.231 e. The molecule has 0 amide bonds. The van der Waals surface area contributed by atoms with Crippen molar-refractivity contribution in [2.75, 3.05) is 13.3 Å². The van der Waals surface area contributed by atoms with Gasteiger partial charge >= 0.3 is 0 Å². The minimum absolute atomic E-state index is 0.296. The Morgan fingerprint density at radius 3 is 2.80 bits per heavy atom. The molecule has 1 aromatic carbocycles. The Balaban J connectivity index is 1.94. The highest BCUT2D eigenvalue weighted by molar-refractivity contribution is 5.44. The lowest BCUT2D eigenvalue weighted by molar-refractivity contribution is 0.174. The van der Waals surface area contributed by atoms with Crippen molar-refractivity contribution < 1.29 is 9.47 Å². The lowest BCUT2D eigenvalue weighted by atomic mass is 9.94. The van der Waals surface area contributed by atoms with Gasteiger partial charge in [-0.05, 0) is 49.9 Å². The molecule has 0 aromatic heterocycles. The van der Waals surface area contributed by atoms with Gasteiger partial charge in [-0.3, -0.25) is 5.32 Å². The summed E-state index contributed by atoms with van der Waals surface area (Å²) in [5.74, 6) is 2.14. The molecule has 1 aliphatic rings. The molecule has 1 atom stereocenters. The third kappa shape index (κ3) is 3.64. The van der Waals surface area contributed by atoms with E-state index in [2.05, 4.69) is 25.2 Å². The summed E-state index contributed by atoms with van der Waals surface area (Å²) >= 11 is 0. The molecule has 0 aliphatic carbocycles. The van der Waals surface area contributed by atoms with Crippen LogP contribution in [-0.2, 0) is 6.42 Å².